The van der Waals surface area contributed by atoms with Gasteiger partial charge in [-0.2, -0.15) is 0 Å². The lowest BCUT2D eigenvalue weighted by Crippen LogP contribution is -2.15. The fourth-order valence-electron chi connectivity index (χ4n) is 9.51. The first-order chi connectivity index (χ1) is 29.2. The molecule has 2 atom stereocenters. The van der Waals surface area contributed by atoms with Crippen molar-refractivity contribution in [3.8, 4) is 28.0 Å². The van der Waals surface area contributed by atoms with Crippen LogP contribution in [0, 0.1) is 0 Å². The van der Waals surface area contributed by atoms with Crippen LogP contribution < -0.4 is 9.64 Å². The molecule has 13 rings (SSSR count). The molecular weight excluding hydrogens is 727 g/mol. The molecule has 3 aromatic heterocycles. The lowest BCUT2D eigenvalue weighted by Gasteiger charge is -2.26. The van der Waals surface area contributed by atoms with Gasteiger partial charge in [-0.15, -0.1) is 0 Å². The smallest absolute Gasteiger partial charge is 0.147 e. The van der Waals surface area contributed by atoms with Gasteiger partial charge in [0.1, 0.15) is 45.4 Å². The number of furan rings is 3. The lowest BCUT2D eigenvalue weighted by atomic mass is 9.91. The van der Waals surface area contributed by atoms with E-state index in [4.69, 9.17) is 18.0 Å². The number of benzene rings is 8. The Labute approximate surface area is 338 Å². The monoisotopic (exact) mass is 759 g/mol. The van der Waals surface area contributed by atoms with E-state index in [9.17, 15) is 0 Å². The number of hydrogen-bond donors (Lipinski definition) is 0. The number of hydrogen-bond acceptors (Lipinski definition) is 5. The van der Waals surface area contributed by atoms with E-state index >= 15 is 0 Å². The zero-order chi connectivity index (χ0) is 38.6. The molecule has 11 aromatic rings. The molecule has 0 fully saturated rings. The molecular formula is C54H33NO4. The Hall–Kier alpha value is -7.76. The van der Waals surface area contributed by atoms with E-state index in [2.05, 4.69) is 163 Å². The average molecular weight is 760 g/mol. The molecule has 0 saturated carbocycles. The van der Waals surface area contributed by atoms with Crippen molar-refractivity contribution in [2.45, 2.75) is 12.0 Å². The second-order valence-corrected chi connectivity index (χ2v) is 15.5. The van der Waals surface area contributed by atoms with Gasteiger partial charge in [0.05, 0.1) is 16.5 Å². The van der Waals surface area contributed by atoms with Crippen molar-refractivity contribution in [3.05, 3.63) is 194 Å². The summed E-state index contributed by atoms with van der Waals surface area (Å²) < 4.78 is 25.7. The molecule has 1 aliphatic carbocycles. The van der Waals surface area contributed by atoms with E-state index < -0.39 is 0 Å². The number of rotatable bonds is 5. The third kappa shape index (κ3) is 4.85. The zero-order valence-corrected chi connectivity index (χ0v) is 31.6. The summed E-state index contributed by atoms with van der Waals surface area (Å²) in [6.45, 7) is 0. The Morgan fingerprint density at radius 3 is 1.90 bits per heavy atom. The summed E-state index contributed by atoms with van der Waals surface area (Å²) in [6, 6.07) is 57.5. The van der Waals surface area contributed by atoms with Crippen LogP contribution in [-0.2, 0) is 0 Å². The van der Waals surface area contributed by atoms with Gasteiger partial charge in [0.25, 0.3) is 0 Å². The van der Waals surface area contributed by atoms with E-state index in [0.29, 0.717) is 0 Å². The minimum absolute atomic E-state index is 0.0637. The van der Waals surface area contributed by atoms with Gasteiger partial charge in [-0.1, -0.05) is 109 Å². The highest BCUT2D eigenvalue weighted by Gasteiger charge is 2.32. The second-order valence-electron chi connectivity index (χ2n) is 15.5. The molecule has 0 amide bonds. The van der Waals surface area contributed by atoms with Crippen LogP contribution in [0.5, 0.6) is 5.75 Å². The van der Waals surface area contributed by atoms with Gasteiger partial charge >= 0.3 is 0 Å². The third-order valence-corrected chi connectivity index (χ3v) is 12.2. The Kier molecular flexibility index (Phi) is 6.78. The van der Waals surface area contributed by atoms with Gasteiger partial charge in [-0.3, -0.25) is 0 Å². The fourth-order valence-corrected chi connectivity index (χ4v) is 9.51. The second kappa shape index (κ2) is 12.4. The van der Waals surface area contributed by atoms with Crippen molar-refractivity contribution in [3.63, 3.8) is 0 Å². The Bertz CT molecular complexity index is 3540. The highest BCUT2D eigenvalue weighted by atomic mass is 16.5. The number of para-hydroxylation sites is 2. The molecule has 5 nitrogen and oxygen atoms in total. The fraction of sp³-hybridized carbons (Fsp3) is 0.0370. The summed E-state index contributed by atoms with van der Waals surface area (Å²) >= 11 is 0. The molecule has 2 unspecified atom stereocenters. The number of anilines is 3. The van der Waals surface area contributed by atoms with Crippen molar-refractivity contribution in [2.24, 2.45) is 0 Å². The Morgan fingerprint density at radius 2 is 1.07 bits per heavy atom. The van der Waals surface area contributed by atoms with E-state index in [1.54, 1.807) is 0 Å². The molecule has 0 spiro atoms. The van der Waals surface area contributed by atoms with Crippen molar-refractivity contribution < 1.29 is 18.0 Å². The van der Waals surface area contributed by atoms with Crippen LogP contribution in [0.25, 0.3) is 88.1 Å². The quantitative estimate of drug-likeness (QED) is 0.175. The van der Waals surface area contributed by atoms with E-state index in [0.717, 1.165) is 111 Å². The first kappa shape index (κ1) is 32.3. The van der Waals surface area contributed by atoms with Gasteiger partial charge < -0.3 is 22.9 Å². The summed E-state index contributed by atoms with van der Waals surface area (Å²) in [5.74, 6) is 1.23. The molecule has 0 bridgehead atoms. The maximum absolute atomic E-state index is 6.52. The Balaban J connectivity index is 0.943. The standard InChI is InChI=1S/C54H33NO4/c1-4-14-44-38(9-1)40-28-23-34(31-50(40)57-44)32-19-24-35(25-20-32)55(43-13-8-18-47-51(43)42-11-3-6-16-46(42)56-47)36-26-21-33(22-27-36)37-12-7-17-48-52(37)53-49(58-48)30-29-41-39-10-2-5-15-45(39)59-54(41)53/h1-31,38,44H. The molecule has 8 aromatic carbocycles. The van der Waals surface area contributed by atoms with Gasteiger partial charge in [-0.25, -0.2) is 0 Å². The molecule has 4 heterocycles. The zero-order valence-electron chi connectivity index (χ0n) is 31.6. The maximum Gasteiger partial charge on any atom is 0.147 e. The van der Waals surface area contributed by atoms with Crippen LogP contribution in [0.3, 0.4) is 0 Å². The highest BCUT2D eigenvalue weighted by molar-refractivity contribution is 6.25. The minimum atomic E-state index is 0.0637. The van der Waals surface area contributed by atoms with E-state index in [1.165, 1.54) is 5.56 Å². The number of ether oxygens (including phenoxy) is 1. The average Bonchev–Trinajstić information content (AvgIpc) is 4.06. The highest BCUT2D eigenvalue weighted by Crippen LogP contribution is 2.47. The van der Waals surface area contributed by atoms with Gasteiger partial charge in [0.15, 0.2) is 0 Å². The number of nitrogens with zero attached hydrogens (tertiary/aromatic N) is 1. The molecule has 2 aliphatic rings. The summed E-state index contributed by atoms with van der Waals surface area (Å²) in [5, 5.41) is 6.38. The first-order valence-corrected chi connectivity index (χ1v) is 20.1. The van der Waals surface area contributed by atoms with Gasteiger partial charge in [0.2, 0.25) is 0 Å². The SMILES string of the molecule is C1=CC2Oc3cc(-c4ccc(N(c5ccc(-c6cccc7oc8ccc9c%10ccccc%10oc9c8c67)cc5)c5cccc6oc7ccccc7c56)cc4)ccc3C2C=C1. The summed E-state index contributed by atoms with van der Waals surface area (Å²) in [6.07, 6.45) is 8.62. The molecule has 0 radical (unpaired) electrons. The van der Waals surface area contributed by atoms with Gasteiger partial charge in [-0.05, 0) is 101 Å². The normalized spacial score (nSPS) is 15.8. The van der Waals surface area contributed by atoms with Gasteiger partial charge in [0, 0.05) is 44.4 Å². The first-order valence-electron chi connectivity index (χ1n) is 20.1. The molecule has 0 N–H and O–H groups in total. The van der Waals surface area contributed by atoms with Crippen molar-refractivity contribution in [1.82, 2.24) is 0 Å². The molecule has 59 heavy (non-hydrogen) atoms. The maximum atomic E-state index is 6.52. The predicted molar refractivity (Wildman–Crippen MR) is 239 cm³/mol. The van der Waals surface area contributed by atoms with E-state index in [1.807, 2.05) is 30.3 Å². The number of fused-ring (bicyclic) bond motifs is 13. The largest absolute Gasteiger partial charge is 0.485 e. The van der Waals surface area contributed by atoms with Crippen LogP contribution >= 0.6 is 0 Å². The number of allylic oxidation sites excluding steroid dienone is 2. The van der Waals surface area contributed by atoms with Crippen LogP contribution in [0.4, 0.5) is 17.1 Å². The minimum Gasteiger partial charge on any atom is -0.485 e. The lowest BCUT2D eigenvalue weighted by molar-refractivity contribution is 0.269. The van der Waals surface area contributed by atoms with Crippen molar-refractivity contribution in [2.75, 3.05) is 4.90 Å². The topological polar surface area (TPSA) is 51.9 Å². The van der Waals surface area contributed by atoms with Crippen LogP contribution in [0.15, 0.2) is 201 Å². The van der Waals surface area contributed by atoms with Crippen LogP contribution in [0.1, 0.15) is 11.5 Å². The summed E-state index contributed by atoms with van der Waals surface area (Å²) in [4.78, 5) is 2.33. The predicted octanol–water partition coefficient (Wildman–Crippen LogP) is 15.2. The Morgan fingerprint density at radius 1 is 0.424 bits per heavy atom. The summed E-state index contributed by atoms with van der Waals surface area (Å²) in [7, 11) is 0. The van der Waals surface area contributed by atoms with Crippen molar-refractivity contribution in [1.29, 1.82) is 0 Å². The van der Waals surface area contributed by atoms with E-state index in [-0.39, 0.29) is 12.0 Å². The molecule has 5 heteroatoms. The van der Waals surface area contributed by atoms with Crippen LogP contribution in [0.2, 0.25) is 0 Å². The summed E-state index contributed by atoms with van der Waals surface area (Å²) in [5.41, 5.74) is 13.8. The van der Waals surface area contributed by atoms with Crippen LogP contribution in [-0.4, -0.2) is 6.10 Å². The third-order valence-electron chi connectivity index (χ3n) is 12.2. The molecule has 278 valence electrons. The molecule has 0 saturated heterocycles. The molecule has 1 aliphatic heterocycles. The van der Waals surface area contributed by atoms with Crippen molar-refractivity contribution >= 4 is 82.9 Å².